The number of thiol groups is 1. The Morgan fingerprint density at radius 1 is 1.50 bits per heavy atom. The summed E-state index contributed by atoms with van der Waals surface area (Å²) in [5.74, 6) is -0.316. The van der Waals surface area contributed by atoms with Gasteiger partial charge in [0, 0.05) is 10.6 Å². The maximum atomic E-state index is 12.4. The number of nitrogen functional groups attached to an aromatic ring is 1. The van der Waals surface area contributed by atoms with Gasteiger partial charge in [-0.2, -0.15) is 0 Å². The van der Waals surface area contributed by atoms with Crippen LogP contribution in [0.4, 0.5) is 10.1 Å². The second kappa shape index (κ2) is 3.16. The van der Waals surface area contributed by atoms with Crippen molar-refractivity contribution in [3.8, 4) is 0 Å². The molecular formula is C6H6FNS2. The molecule has 0 radical (unpaired) electrons. The first-order chi connectivity index (χ1) is 4.74. The zero-order valence-corrected chi connectivity index (χ0v) is 6.75. The van der Waals surface area contributed by atoms with Gasteiger partial charge in [0.25, 0.3) is 0 Å². The van der Waals surface area contributed by atoms with Gasteiger partial charge in [-0.1, -0.05) is 10.8 Å². The van der Waals surface area contributed by atoms with Crippen LogP contribution in [0.1, 0.15) is 0 Å². The van der Waals surface area contributed by atoms with Crippen molar-refractivity contribution in [2.24, 2.45) is 0 Å². The van der Waals surface area contributed by atoms with Crippen LogP contribution in [0.5, 0.6) is 0 Å². The fourth-order valence-electron chi connectivity index (χ4n) is 0.602. The van der Waals surface area contributed by atoms with Crippen LogP contribution >= 0.6 is 22.5 Å². The van der Waals surface area contributed by atoms with E-state index < -0.39 is 0 Å². The molecule has 1 nitrogen and oxygen atoms in total. The first kappa shape index (κ1) is 7.75. The molecule has 0 atom stereocenters. The molecule has 0 aliphatic carbocycles. The largest absolute Gasteiger partial charge is 0.398 e. The molecule has 1 aromatic carbocycles. The summed E-state index contributed by atoms with van der Waals surface area (Å²) < 4.78 is 12.4. The number of hydrogen-bond acceptors (Lipinski definition) is 3. The second-order valence-electron chi connectivity index (χ2n) is 1.77. The Kier molecular flexibility index (Phi) is 2.45. The topological polar surface area (TPSA) is 26.0 Å². The molecule has 10 heavy (non-hydrogen) atoms. The van der Waals surface area contributed by atoms with E-state index in [0.29, 0.717) is 5.69 Å². The maximum absolute atomic E-state index is 12.4. The fraction of sp³-hybridized carbons (Fsp3) is 0. The van der Waals surface area contributed by atoms with Crippen LogP contribution in [-0.4, -0.2) is 0 Å². The van der Waals surface area contributed by atoms with Gasteiger partial charge in [0.1, 0.15) is 5.82 Å². The number of benzene rings is 1. The molecule has 0 saturated carbocycles. The molecule has 2 N–H and O–H groups in total. The van der Waals surface area contributed by atoms with Gasteiger partial charge in [0.15, 0.2) is 0 Å². The van der Waals surface area contributed by atoms with E-state index >= 15 is 0 Å². The summed E-state index contributed by atoms with van der Waals surface area (Å²) in [6.07, 6.45) is 0. The van der Waals surface area contributed by atoms with E-state index in [9.17, 15) is 4.39 Å². The lowest BCUT2D eigenvalue weighted by Gasteiger charge is -1.98. The van der Waals surface area contributed by atoms with Crippen molar-refractivity contribution in [2.75, 3.05) is 5.73 Å². The lowest BCUT2D eigenvalue weighted by molar-refractivity contribution is 0.627. The predicted octanol–water partition coefficient (Wildman–Crippen LogP) is 2.34. The first-order valence-corrected chi connectivity index (χ1v) is 4.47. The molecule has 0 aromatic heterocycles. The number of nitrogens with two attached hydrogens (primary N) is 1. The van der Waals surface area contributed by atoms with Crippen LogP contribution in [0.25, 0.3) is 0 Å². The molecule has 0 saturated heterocycles. The van der Waals surface area contributed by atoms with Gasteiger partial charge >= 0.3 is 0 Å². The molecule has 0 unspecified atom stereocenters. The molecule has 0 heterocycles. The molecule has 0 aliphatic heterocycles. The predicted molar refractivity (Wildman–Crippen MR) is 45.7 cm³/mol. The summed E-state index contributed by atoms with van der Waals surface area (Å²) in [5, 5.41) is 0. The highest BCUT2D eigenvalue weighted by atomic mass is 33.1. The van der Waals surface area contributed by atoms with Gasteiger partial charge in [-0.25, -0.2) is 4.39 Å². The molecule has 0 fully saturated rings. The Bertz CT molecular complexity index is 239. The van der Waals surface area contributed by atoms with E-state index in [4.69, 9.17) is 5.73 Å². The minimum absolute atomic E-state index is 0.316. The summed E-state index contributed by atoms with van der Waals surface area (Å²) in [4.78, 5) is 0.782. The minimum Gasteiger partial charge on any atom is -0.398 e. The van der Waals surface area contributed by atoms with Gasteiger partial charge in [-0.05, 0) is 18.2 Å². The molecule has 4 heteroatoms. The summed E-state index contributed by atoms with van der Waals surface area (Å²) in [6.45, 7) is 0. The standard InChI is InChI=1S/C6H6FNS2/c7-4-1-2-6(10-9)5(8)3-4/h1-3,9H,8H2. The maximum Gasteiger partial charge on any atom is 0.125 e. The lowest BCUT2D eigenvalue weighted by atomic mass is 10.3. The monoisotopic (exact) mass is 175 g/mol. The van der Waals surface area contributed by atoms with Gasteiger partial charge in [0.05, 0.1) is 0 Å². The third kappa shape index (κ3) is 1.58. The zero-order chi connectivity index (χ0) is 7.56. The van der Waals surface area contributed by atoms with Crippen molar-refractivity contribution in [2.45, 2.75) is 4.90 Å². The van der Waals surface area contributed by atoms with Crippen molar-refractivity contribution in [3.63, 3.8) is 0 Å². The molecule has 1 rings (SSSR count). The van der Waals surface area contributed by atoms with Crippen molar-refractivity contribution in [1.29, 1.82) is 0 Å². The number of hydrogen-bond donors (Lipinski definition) is 2. The Labute approximate surface area is 67.6 Å². The lowest BCUT2D eigenvalue weighted by Crippen LogP contribution is -1.87. The number of rotatable bonds is 1. The third-order valence-electron chi connectivity index (χ3n) is 1.07. The third-order valence-corrected chi connectivity index (χ3v) is 2.23. The van der Waals surface area contributed by atoms with E-state index in [1.54, 1.807) is 6.07 Å². The Balaban J connectivity index is 3.07. The van der Waals surface area contributed by atoms with Gasteiger partial charge in [-0.3, -0.25) is 0 Å². The van der Waals surface area contributed by atoms with Crippen LogP contribution in [-0.2, 0) is 0 Å². The molecule has 0 bridgehead atoms. The smallest absolute Gasteiger partial charge is 0.125 e. The fourth-order valence-corrected chi connectivity index (χ4v) is 1.39. The highest BCUT2D eigenvalue weighted by molar-refractivity contribution is 8.68. The molecule has 0 spiro atoms. The van der Waals surface area contributed by atoms with Crippen molar-refractivity contribution < 1.29 is 4.39 Å². The number of anilines is 1. The van der Waals surface area contributed by atoms with Crippen molar-refractivity contribution >= 4 is 28.1 Å². The average molecular weight is 175 g/mol. The molecule has 1 aromatic rings. The second-order valence-corrected chi connectivity index (χ2v) is 2.94. The van der Waals surface area contributed by atoms with E-state index in [-0.39, 0.29) is 5.82 Å². The molecular weight excluding hydrogens is 169 g/mol. The quantitative estimate of drug-likeness (QED) is 0.389. The average Bonchev–Trinajstić information content (AvgIpc) is 1.88. The Morgan fingerprint density at radius 3 is 2.70 bits per heavy atom. The molecule has 0 amide bonds. The van der Waals surface area contributed by atoms with Gasteiger partial charge in [-0.15, -0.1) is 11.7 Å². The van der Waals surface area contributed by atoms with E-state index in [2.05, 4.69) is 11.7 Å². The van der Waals surface area contributed by atoms with Gasteiger partial charge in [0.2, 0.25) is 0 Å². The zero-order valence-electron chi connectivity index (χ0n) is 5.04. The van der Waals surface area contributed by atoms with Crippen molar-refractivity contribution in [1.82, 2.24) is 0 Å². The van der Waals surface area contributed by atoms with Crippen LogP contribution in [0, 0.1) is 5.82 Å². The SMILES string of the molecule is Nc1cc(F)ccc1SS. The van der Waals surface area contributed by atoms with E-state index in [1.807, 2.05) is 0 Å². The molecule has 0 aliphatic rings. The van der Waals surface area contributed by atoms with Crippen LogP contribution < -0.4 is 5.73 Å². The summed E-state index contributed by atoms with van der Waals surface area (Å²) in [6, 6.07) is 4.23. The summed E-state index contributed by atoms with van der Waals surface area (Å²) in [5.41, 5.74) is 5.85. The van der Waals surface area contributed by atoms with Crippen LogP contribution in [0.15, 0.2) is 23.1 Å². The Hall–Kier alpha value is -0.350. The Morgan fingerprint density at radius 2 is 2.20 bits per heavy atom. The molecule has 54 valence electrons. The highest BCUT2D eigenvalue weighted by Crippen LogP contribution is 2.27. The normalized spacial score (nSPS) is 9.80. The minimum atomic E-state index is -0.316. The summed E-state index contributed by atoms with van der Waals surface area (Å²) in [7, 11) is 1.21. The first-order valence-electron chi connectivity index (χ1n) is 2.60. The van der Waals surface area contributed by atoms with Crippen LogP contribution in [0.2, 0.25) is 0 Å². The highest BCUT2D eigenvalue weighted by Gasteiger charge is 1.97. The van der Waals surface area contributed by atoms with Gasteiger partial charge < -0.3 is 5.73 Å². The van der Waals surface area contributed by atoms with E-state index in [0.717, 1.165) is 4.90 Å². The summed E-state index contributed by atoms with van der Waals surface area (Å²) >= 11 is 3.93. The van der Waals surface area contributed by atoms with Crippen molar-refractivity contribution in [3.05, 3.63) is 24.0 Å². The van der Waals surface area contributed by atoms with E-state index in [1.165, 1.54) is 22.9 Å². The van der Waals surface area contributed by atoms with Crippen LogP contribution in [0.3, 0.4) is 0 Å². The number of halogens is 1.